The molecule has 15 atom stereocenters. The van der Waals surface area contributed by atoms with Gasteiger partial charge in [0.2, 0.25) is 70.9 Å². The molecule has 12 amide bonds. The van der Waals surface area contributed by atoms with Gasteiger partial charge in [0.05, 0.1) is 38.1 Å². The molecule has 528 valence electrons. The van der Waals surface area contributed by atoms with Crippen LogP contribution in [0.3, 0.4) is 0 Å². The van der Waals surface area contributed by atoms with Gasteiger partial charge in [0.1, 0.15) is 84.0 Å². The highest BCUT2D eigenvalue weighted by Crippen LogP contribution is 2.21. The van der Waals surface area contributed by atoms with E-state index in [1.54, 1.807) is 27.7 Å². The van der Waals surface area contributed by atoms with Gasteiger partial charge in [-0.2, -0.15) is 0 Å². The van der Waals surface area contributed by atoms with Crippen molar-refractivity contribution in [3.8, 4) is 11.5 Å². The van der Waals surface area contributed by atoms with Crippen LogP contribution in [0, 0.1) is 11.8 Å². The molecule has 1 saturated heterocycles. The zero-order chi connectivity index (χ0) is 71.7. The van der Waals surface area contributed by atoms with Gasteiger partial charge in [-0.1, -0.05) is 52.0 Å². The summed E-state index contributed by atoms with van der Waals surface area (Å²) in [6.07, 6.45) is -3.83. The largest absolute Gasteiger partial charge is 0.508 e. The minimum atomic E-state index is -1.96. The molecule has 1 heterocycles. The minimum absolute atomic E-state index is 0.00265. The lowest BCUT2D eigenvalue weighted by molar-refractivity contribution is -0.143. The predicted molar refractivity (Wildman–Crippen MR) is 336 cm³/mol. The van der Waals surface area contributed by atoms with Crippen LogP contribution in [-0.2, 0) is 75.2 Å². The Morgan fingerprint density at radius 1 is 0.442 bits per heavy atom. The van der Waals surface area contributed by atoms with Crippen LogP contribution in [0.15, 0.2) is 48.5 Å². The van der Waals surface area contributed by atoms with Crippen LogP contribution in [0.4, 0.5) is 0 Å². The van der Waals surface area contributed by atoms with Crippen molar-refractivity contribution in [3.63, 3.8) is 0 Å². The lowest BCUT2D eigenvalue weighted by Gasteiger charge is -2.31. The van der Waals surface area contributed by atoms with Crippen molar-refractivity contribution in [2.24, 2.45) is 17.6 Å². The van der Waals surface area contributed by atoms with Gasteiger partial charge in [0.15, 0.2) is 0 Å². The van der Waals surface area contributed by atoms with Crippen molar-refractivity contribution in [3.05, 3.63) is 59.7 Å². The number of phenols is 2. The first-order valence-corrected chi connectivity index (χ1v) is 30.9. The molecule has 1 fully saturated rings. The summed E-state index contributed by atoms with van der Waals surface area (Å²) in [5, 5.41) is 107. The number of amides is 12. The van der Waals surface area contributed by atoms with Crippen LogP contribution in [0.25, 0.3) is 0 Å². The number of phenolic OH excluding ortho intramolecular Hbond substituents is 2. The number of carbonyl (C=O) groups excluding carboxylic acids is 12. The lowest BCUT2D eigenvalue weighted by atomic mass is 9.99. The highest BCUT2D eigenvalue weighted by atomic mass is 16.4. The summed E-state index contributed by atoms with van der Waals surface area (Å²) in [6.45, 7) is 9.73. The number of aliphatic hydroxyl groups excluding tert-OH is 5. The van der Waals surface area contributed by atoms with E-state index in [1.165, 1.54) is 62.4 Å². The third kappa shape index (κ3) is 25.6. The summed E-state index contributed by atoms with van der Waals surface area (Å²) in [5.74, 6) is -14.3. The fourth-order valence-corrected chi connectivity index (χ4v) is 9.65. The number of nitrogens with zero attached hydrogens (tertiary/aromatic N) is 1. The Morgan fingerprint density at radius 2 is 0.789 bits per heavy atom. The molecule has 0 unspecified atom stereocenters. The molecule has 2 aromatic carbocycles. The van der Waals surface area contributed by atoms with Gasteiger partial charge in [-0.05, 0) is 108 Å². The number of benzene rings is 2. The fourth-order valence-electron chi connectivity index (χ4n) is 9.65. The first kappa shape index (κ1) is 80.1. The first-order chi connectivity index (χ1) is 44.5. The number of hydrogen-bond acceptors (Lipinski definition) is 21. The number of nitrogens with one attached hydrogen (secondary N) is 11. The zero-order valence-electron chi connectivity index (χ0n) is 54.4. The van der Waals surface area contributed by atoms with Crippen molar-refractivity contribution in [1.82, 2.24) is 63.4 Å². The van der Waals surface area contributed by atoms with Gasteiger partial charge in [-0.25, -0.2) is 0 Å². The molecule has 0 aromatic heterocycles. The number of carboxylic acids is 1. The summed E-state index contributed by atoms with van der Waals surface area (Å²) in [5.41, 5.74) is 6.23. The number of aliphatic hydroxyl groups is 5. The van der Waals surface area contributed by atoms with E-state index >= 15 is 0 Å². The van der Waals surface area contributed by atoms with Crippen LogP contribution in [0.5, 0.6) is 11.5 Å². The smallest absolute Gasteiger partial charge is 0.325 e. The van der Waals surface area contributed by atoms with Gasteiger partial charge in [-0.3, -0.25) is 62.3 Å². The highest BCUT2D eigenvalue weighted by molar-refractivity contribution is 6.00. The van der Waals surface area contributed by atoms with E-state index in [2.05, 4.69) is 58.5 Å². The zero-order valence-corrected chi connectivity index (χ0v) is 54.4. The number of rotatable bonds is 37. The molecule has 0 aliphatic carbocycles. The number of aliphatic carboxylic acids is 1. The Balaban J connectivity index is 1.88. The van der Waals surface area contributed by atoms with Gasteiger partial charge in [0.25, 0.3) is 0 Å². The molecule has 21 N–H and O–H groups in total. The molecule has 34 nitrogen and oxygen atoms in total. The molecule has 0 bridgehead atoms. The predicted octanol–water partition coefficient (Wildman–Crippen LogP) is -6.49. The normalized spacial score (nSPS) is 17.3. The van der Waals surface area contributed by atoms with E-state index in [9.17, 15) is 103 Å². The molecule has 1 aliphatic heterocycles. The molecular weight excluding hydrogens is 1250 g/mol. The lowest BCUT2D eigenvalue weighted by Crippen LogP contribution is -2.63. The summed E-state index contributed by atoms with van der Waals surface area (Å²) in [7, 11) is 0. The summed E-state index contributed by atoms with van der Waals surface area (Å²) in [4.78, 5) is 177. The van der Waals surface area contributed by atoms with E-state index in [0.29, 0.717) is 5.56 Å². The molecule has 0 spiro atoms. The Hall–Kier alpha value is -9.09. The van der Waals surface area contributed by atoms with E-state index in [4.69, 9.17) is 5.73 Å². The van der Waals surface area contributed by atoms with Crippen molar-refractivity contribution in [2.45, 2.75) is 192 Å². The molecular formula is C61H93N13O21. The molecule has 34 heteroatoms. The second kappa shape index (κ2) is 38.3. The Bertz CT molecular complexity index is 2990. The average Bonchev–Trinajstić information content (AvgIpc) is 2.44. The van der Waals surface area contributed by atoms with Crippen molar-refractivity contribution in [2.75, 3.05) is 26.4 Å². The van der Waals surface area contributed by atoms with Crippen molar-refractivity contribution >= 4 is 76.9 Å². The fraction of sp³-hybridized carbons (Fsp3) is 0.590. The van der Waals surface area contributed by atoms with Crippen molar-refractivity contribution in [1.29, 1.82) is 0 Å². The summed E-state index contributed by atoms with van der Waals surface area (Å²) in [6, 6.07) is -9.50. The number of likely N-dealkylation sites (tertiary alicyclic amines) is 1. The maximum atomic E-state index is 14.4. The highest BCUT2D eigenvalue weighted by Gasteiger charge is 2.42. The quantitative estimate of drug-likeness (QED) is 0.0299. The van der Waals surface area contributed by atoms with Gasteiger partial charge >= 0.3 is 5.97 Å². The third-order valence-electron chi connectivity index (χ3n) is 15.0. The maximum absolute atomic E-state index is 14.4. The number of carboxylic acid groups (broad SMARTS) is 1. The summed E-state index contributed by atoms with van der Waals surface area (Å²) >= 11 is 0. The standard InChI is InChI=1S/C61H93N13O21/c1-28(2)21-39(65-50(83)31(6)63-49(82)30(5)62)51(84)66-40(22-29(3)4)52(85)71-45(27-77)60(93)74-20-10-11-46(74)57(90)68-42(24-36-14-18-38(81)19-15-36)54(87)69-43(25-75)55(88)67-41(23-35-12-16-37(80)17-13-35)53(86)70-44(26-76)56(89)72-48(34(9)79)59(92)73-47(33(8)78)58(91)64-32(7)61(94)95/h12-19,28-34,39-48,75-81H,10-11,20-27,62H2,1-9H3,(H,63,82)(H,64,91)(H,65,83)(H,66,84)(H,67,88)(H,68,90)(H,69,87)(H,70,86)(H,71,85)(H,72,89)(H,73,92)(H,94,95)/t30-,31-,32-,33+,34+,39-,40-,41-,42-,43-,44-,45-,46-,47-,48-/m0/s1. The van der Waals surface area contributed by atoms with Crippen LogP contribution in [-0.4, -0.2) is 240 Å². The van der Waals surface area contributed by atoms with E-state index in [1.807, 2.05) is 0 Å². The third-order valence-corrected chi connectivity index (χ3v) is 15.0. The molecule has 0 saturated carbocycles. The Morgan fingerprint density at radius 3 is 1.20 bits per heavy atom. The number of aromatic hydroxyl groups is 2. The second-order valence-corrected chi connectivity index (χ2v) is 24.2. The first-order valence-electron chi connectivity index (χ1n) is 30.9. The van der Waals surface area contributed by atoms with E-state index < -0.39 is 194 Å². The van der Waals surface area contributed by atoms with E-state index in [0.717, 1.165) is 25.7 Å². The Kier molecular flexibility index (Phi) is 32.3. The summed E-state index contributed by atoms with van der Waals surface area (Å²) < 4.78 is 0. The SMILES string of the molecule is CC(C)C[C@H](NC(=O)[C@H](C)NC(=O)[C@H](C)N)C(=O)N[C@@H](CC(C)C)C(=O)N[C@@H](CO)C(=O)N1CCC[C@H]1C(=O)N[C@@H](Cc1ccc(O)cc1)C(=O)N[C@@H](CO)C(=O)N[C@@H](Cc1ccc(O)cc1)C(=O)N[C@@H](CO)C(=O)N[C@H](C(=O)N[C@H](C(=O)N[C@@H](C)C(=O)O)[C@@H](C)O)[C@@H](C)O. The average molecular weight is 1340 g/mol. The van der Waals surface area contributed by atoms with Gasteiger partial charge < -0.3 is 110 Å². The van der Waals surface area contributed by atoms with E-state index in [-0.39, 0.29) is 67.5 Å². The number of carbonyl (C=O) groups is 13. The topological polar surface area (TPSA) is 545 Å². The van der Waals surface area contributed by atoms with Crippen LogP contribution in [0.2, 0.25) is 0 Å². The second-order valence-electron chi connectivity index (χ2n) is 24.2. The minimum Gasteiger partial charge on any atom is -0.508 e. The van der Waals surface area contributed by atoms with Gasteiger partial charge in [-0.15, -0.1) is 0 Å². The van der Waals surface area contributed by atoms with Crippen LogP contribution < -0.4 is 64.2 Å². The van der Waals surface area contributed by atoms with Crippen molar-refractivity contribution < 1.29 is 103 Å². The monoisotopic (exact) mass is 1340 g/mol. The van der Waals surface area contributed by atoms with Crippen LogP contribution >= 0.6 is 0 Å². The molecule has 1 aliphatic rings. The van der Waals surface area contributed by atoms with Crippen LogP contribution in [0.1, 0.15) is 99.1 Å². The molecule has 3 rings (SSSR count). The number of hydrogen-bond donors (Lipinski definition) is 20. The van der Waals surface area contributed by atoms with Gasteiger partial charge in [0, 0.05) is 19.4 Å². The Labute approximate surface area is 548 Å². The molecule has 2 aromatic rings. The maximum Gasteiger partial charge on any atom is 0.325 e. The molecule has 0 radical (unpaired) electrons. The number of nitrogens with two attached hydrogens (primary N) is 1. The molecule has 95 heavy (non-hydrogen) atoms.